The summed E-state index contributed by atoms with van der Waals surface area (Å²) in [4.78, 5) is 16.0. The first kappa shape index (κ1) is 14.3. The largest absolute Gasteiger partial charge is 0.451 e. The van der Waals surface area contributed by atoms with Gasteiger partial charge in [0.1, 0.15) is 5.69 Å². The van der Waals surface area contributed by atoms with E-state index in [-0.39, 0.29) is 12.5 Å². The molecule has 0 saturated heterocycles. The van der Waals surface area contributed by atoms with Crippen molar-refractivity contribution < 1.29 is 14.1 Å². The topological polar surface area (TPSA) is 70.2 Å². The summed E-state index contributed by atoms with van der Waals surface area (Å²) in [6.07, 6.45) is 1.76. The Labute approximate surface area is 131 Å². The number of carbonyl (C=O) groups is 1. The first-order chi connectivity index (χ1) is 10.6. The van der Waals surface area contributed by atoms with Gasteiger partial charge in [0.2, 0.25) is 5.82 Å². The molecule has 0 fully saturated rings. The highest BCUT2D eigenvalue weighted by Gasteiger charge is 2.15. The van der Waals surface area contributed by atoms with E-state index < -0.39 is 5.97 Å². The molecule has 6 nitrogen and oxygen atoms in total. The summed E-state index contributed by atoms with van der Waals surface area (Å²) in [5, 5.41) is 4.36. The van der Waals surface area contributed by atoms with Crippen LogP contribution in [0.4, 0.5) is 0 Å². The summed E-state index contributed by atoms with van der Waals surface area (Å²) in [6.45, 7) is -0.0958. The second-order valence-corrected chi connectivity index (χ2v) is 4.98. The van der Waals surface area contributed by atoms with Crippen LogP contribution in [0.5, 0.6) is 0 Å². The van der Waals surface area contributed by atoms with Crippen LogP contribution in [0.1, 0.15) is 16.4 Å². The lowest BCUT2D eigenvalue weighted by molar-refractivity contribution is 0.0418. The van der Waals surface area contributed by atoms with E-state index in [1.807, 2.05) is 12.1 Å². The molecule has 0 aliphatic heterocycles. The average molecular weight is 318 g/mol. The first-order valence-electron chi connectivity index (χ1n) is 6.51. The monoisotopic (exact) mass is 317 g/mol. The number of aryl methyl sites for hydroxylation is 1. The molecule has 112 valence electrons. The molecule has 7 heteroatoms. The van der Waals surface area contributed by atoms with Crippen molar-refractivity contribution in [1.82, 2.24) is 14.7 Å². The van der Waals surface area contributed by atoms with E-state index >= 15 is 0 Å². The van der Waals surface area contributed by atoms with Gasteiger partial charge in [0.25, 0.3) is 5.89 Å². The zero-order chi connectivity index (χ0) is 15.5. The maximum absolute atomic E-state index is 11.9. The fraction of sp³-hybridized carbons (Fsp3) is 0.133. The second kappa shape index (κ2) is 6.03. The van der Waals surface area contributed by atoms with E-state index in [2.05, 4.69) is 10.1 Å². The van der Waals surface area contributed by atoms with Gasteiger partial charge >= 0.3 is 5.97 Å². The van der Waals surface area contributed by atoms with E-state index in [0.717, 1.165) is 0 Å². The van der Waals surface area contributed by atoms with Gasteiger partial charge < -0.3 is 13.8 Å². The maximum Gasteiger partial charge on any atom is 0.355 e. The standard InChI is InChI=1S/C15H12ClN3O3/c1-19-8-4-7-12(19)15(20)21-9-13-17-14(18-22-13)10-5-2-3-6-11(10)16/h2-8H,9H2,1H3. The predicted molar refractivity (Wildman–Crippen MR) is 79.3 cm³/mol. The molecule has 0 bridgehead atoms. The highest BCUT2D eigenvalue weighted by Crippen LogP contribution is 2.24. The van der Waals surface area contributed by atoms with Gasteiger partial charge in [-0.25, -0.2) is 4.79 Å². The summed E-state index contributed by atoms with van der Waals surface area (Å²) in [5.74, 6) is 0.109. The molecule has 0 N–H and O–H groups in total. The van der Waals surface area contributed by atoms with E-state index in [0.29, 0.717) is 22.1 Å². The smallest absolute Gasteiger partial charge is 0.355 e. The van der Waals surface area contributed by atoms with E-state index in [1.54, 1.807) is 42.1 Å². The molecule has 3 aromatic rings. The highest BCUT2D eigenvalue weighted by atomic mass is 35.5. The van der Waals surface area contributed by atoms with Gasteiger partial charge in [0.15, 0.2) is 6.61 Å². The van der Waals surface area contributed by atoms with Crippen LogP contribution in [-0.4, -0.2) is 20.7 Å². The van der Waals surface area contributed by atoms with Crippen LogP contribution in [0.2, 0.25) is 5.02 Å². The van der Waals surface area contributed by atoms with Crippen LogP contribution in [0, 0.1) is 0 Å². The lowest BCUT2D eigenvalue weighted by atomic mass is 10.2. The Morgan fingerprint density at radius 3 is 2.86 bits per heavy atom. The molecule has 0 aliphatic carbocycles. The molecule has 0 unspecified atom stereocenters. The van der Waals surface area contributed by atoms with Gasteiger partial charge in [-0.3, -0.25) is 0 Å². The average Bonchev–Trinajstić information content (AvgIpc) is 3.14. The molecule has 22 heavy (non-hydrogen) atoms. The molecular weight excluding hydrogens is 306 g/mol. The van der Waals surface area contributed by atoms with Crippen molar-refractivity contribution in [2.75, 3.05) is 0 Å². The van der Waals surface area contributed by atoms with Crippen molar-refractivity contribution in [2.24, 2.45) is 7.05 Å². The molecule has 0 saturated carbocycles. The van der Waals surface area contributed by atoms with Crippen molar-refractivity contribution in [1.29, 1.82) is 0 Å². The van der Waals surface area contributed by atoms with Crippen molar-refractivity contribution >= 4 is 17.6 Å². The number of benzene rings is 1. The van der Waals surface area contributed by atoms with Crippen molar-refractivity contribution in [3.05, 3.63) is 59.2 Å². The van der Waals surface area contributed by atoms with Crippen LogP contribution < -0.4 is 0 Å². The lowest BCUT2D eigenvalue weighted by Gasteiger charge is -2.02. The van der Waals surface area contributed by atoms with E-state index in [4.69, 9.17) is 20.9 Å². The summed E-state index contributed by atoms with van der Waals surface area (Å²) < 4.78 is 11.9. The van der Waals surface area contributed by atoms with Gasteiger partial charge in [-0.2, -0.15) is 4.98 Å². The first-order valence-corrected chi connectivity index (χ1v) is 6.89. The number of nitrogens with zero attached hydrogens (tertiary/aromatic N) is 3. The Morgan fingerprint density at radius 2 is 2.14 bits per heavy atom. The van der Waals surface area contributed by atoms with Gasteiger partial charge in [-0.15, -0.1) is 0 Å². The third-order valence-corrected chi connectivity index (χ3v) is 3.39. The normalized spacial score (nSPS) is 10.6. The predicted octanol–water partition coefficient (Wildman–Crippen LogP) is 3.09. The molecule has 2 heterocycles. The molecule has 0 radical (unpaired) electrons. The van der Waals surface area contributed by atoms with Crippen LogP contribution >= 0.6 is 11.6 Å². The number of rotatable bonds is 4. The number of hydrogen-bond donors (Lipinski definition) is 0. The van der Waals surface area contributed by atoms with Gasteiger partial charge in [0.05, 0.1) is 5.02 Å². The van der Waals surface area contributed by atoms with Crippen LogP contribution in [0.15, 0.2) is 47.1 Å². The van der Waals surface area contributed by atoms with Crippen molar-refractivity contribution in [3.8, 4) is 11.4 Å². The SMILES string of the molecule is Cn1cccc1C(=O)OCc1nc(-c2ccccc2Cl)no1. The molecule has 0 spiro atoms. The fourth-order valence-corrected chi connectivity index (χ4v) is 2.16. The quantitative estimate of drug-likeness (QED) is 0.692. The molecule has 0 atom stereocenters. The minimum Gasteiger partial charge on any atom is -0.451 e. The number of esters is 1. The van der Waals surface area contributed by atoms with Gasteiger partial charge in [0, 0.05) is 18.8 Å². The summed E-state index contributed by atoms with van der Waals surface area (Å²) in [7, 11) is 1.76. The number of hydrogen-bond acceptors (Lipinski definition) is 5. The Balaban J connectivity index is 1.69. The summed E-state index contributed by atoms with van der Waals surface area (Å²) >= 11 is 6.07. The second-order valence-electron chi connectivity index (χ2n) is 4.57. The Kier molecular flexibility index (Phi) is 3.93. The van der Waals surface area contributed by atoms with Gasteiger partial charge in [-0.1, -0.05) is 28.9 Å². The number of carbonyl (C=O) groups excluding carboxylic acids is 1. The van der Waals surface area contributed by atoms with E-state index in [1.165, 1.54) is 0 Å². The number of aromatic nitrogens is 3. The number of halogens is 1. The maximum atomic E-state index is 11.9. The van der Waals surface area contributed by atoms with Crippen molar-refractivity contribution in [3.63, 3.8) is 0 Å². The molecular formula is C15H12ClN3O3. The Morgan fingerprint density at radius 1 is 1.32 bits per heavy atom. The van der Waals surface area contributed by atoms with Crippen molar-refractivity contribution in [2.45, 2.75) is 6.61 Å². The molecule has 0 amide bonds. The molecule has 1 aromatic carbocycles. The summed E-state index contributed by atoms with van der Waals surface area (Å²) in [5.41, 5.74) is 1.11. The molecule has 0 aliphatic rings. The summed E-state index contributed by atoms with van der Waals surface area (Å²) in [6, 6.07) is 10.6. The molecule has 2 aromatic heterocycles. The van der Waals surface area contributed by atoms with Crippen LogP contribution in [-0.2, 0) is 18.4 Å². The van der Waals surface area contributed by atoms with Crippen LogP contribution in [0.3, 0.4) is 0 Å². The van der Waals surface area contributed by atoms with E-state index in [9.17, 15) is 4.79 Å². The highest BCUT2D eigenvalue weighted by molar-refractivity contribution is 6.33. The Bertz CT molecular complexity index is 810. The lowest BCUT2D eigenvalue weighted by Crippen LogP contribution is -2.09. The number of ether oxygens (including phenoxy) is 1. The third-order valence-electron chi connectivity index (χ3n) is 3.06. The van der Waals surface area contributed by atoms with Gasteiger partial charge in [-0.05, 0) is 24.3 Å². The Hall–Kier alpha value is -2.60. The minimum absolute atomic E-state index is 0.0958. The molecule has 3 rings (SSSR count). The fourth-order valence-electron chi connectivity index (χ4n) is 1.94. The zero-order valence-corrected chi connectivity index (χ0v) is 12.4. The third kappa shape index (κ3) is 2.87. The zero-order valence-electron chi connectivity index (χ0n) is 11.7. The minimum atomic E-state index is -0.454. The van der Waals surface area contributed by atoms with Crippen LogP contribution in [0.25, 0.3) is 11.4 Å².